The van der Waals surface area contributed by atoms with Crippen LogP contribution < -0.4 is 5.43 Å². The zero-order chi connectivity index (χ0) is 11.3. The van der Waals surface area contributed by atoms with Crippen molar-refractivity contribution < 1.29 is 4.79 Å². The van der Waals surface area contributed by atoms with Crippen LogP contribution in [0.1, 0.15) is 24.2 Å². The zero-order valence-corrected chi connectivity index (χ0v) is 10.3. The minimum Gasteiger partial charge on any atom is -0.267 e. The van der Waals surface area contributed by atoms with E-state index < -0.39 is 0 Å². The van der Waals surface area contributed by atoms with Crippen LogP contribution in [0, 0.1) is 5.92 Å². The molecule has 0 saturated carbocycles. The van der Waals surface area contributed by atoms with E-state index in [1.54, 1.807) is 12.3 Å². The lowest BCUT2D eigenvalue weighted by atomic mass is 10.2. The molecule has 0 spiro atoms. The number of hydrogen-bond donors (Lipinski definition) is 1. The molecular weight excluding hydrogens is 256 g/mol. The average molecular weight is 269 g/mol. The Kier molecular flexibility index (Phi) is 4.49. The van der Waals surface area contributed by atoms with Crippen LogP contribution in [0.5, 0.6) is 0 Å². The normalized spacial score (nSPS) is 10.9. The fraction of sp³-hybridized carbons (Fsp3) is 0.273. The molecule has 80 valence electrons. The predicted octanol–water partition coefficient (Wildman–Crippen LogP) is 2.82. The van der Waals surface area contributed by atoms with E-state index in [0.717, 1.165) is 4.47 Å². The van der Waals surface area contributed by atoms with E-state index in [-0.39, 0.29) is 5.91 Å². The fourth-order valence-corrected chi connectivity index (χ4v) is 1.42. The highest BCUT2D eigenvalue weighted by Gasteiger charge is 2.07. The molecule has 0 fully saturated rings. The number of benzene rings is 1. The summed E-state index contributed by atoms with van der Waals surface area (Å²) >= 11 is 3.31. The Bertz CT molecular complexity index is 375. The van der Waals surface area contributed by atoms with Gasteiger partial charge in [0.25, 0.3) is 5.91 Å². The first-order valence-corrected chi connectivity index (χ1v) is 5.48. The second kappa shape index (κ2) is 5.66. The summed E-state index contributed by atoms with van der Waals surface area (Å²) in [6.07, 6.45) is 1.69. The Labute approximate surface area is 97.7 Å². The number of amides is 1. The number of hydrazone groups is 1. The third-order valence-electron chi connectivity index (χ3n) is 1.66. The van der Waals surface area contributed by atoms with Crippen LogP contribution in [0.4, 0.5) is 0 Å². The number of hydrogen-bond acceptors (Lipinski definition) is 2. The number of nitrogens with zero attached hydrogens (tertiary/aromatic N) is 1. The molecule has 0 aromatic heterocycles. The van der Waals surface area contributed by atoms with Crippen molar-refractivity contribution >= 4 is 28.1 Å². The molecule has 0 aliphatic rings. The molecule has 0 bridgehead atoms. The van der Waals surface area contributed by atoms with Crippen LogP contribution in [-0.4, -0.2) is 12.1 Å². The minimum atomic E-state index is -0.209. The lowest BCUT2D eigenvalue weighted by Gasteiger charge is -2.02. The van der Waals surface area contributed by atoms with Crippen LogP contribution in [0.15, 0.2) is 33.8 Å². The fourth-order valence-electron chi connectivity index (χ4n) is 0.951. The summed E-state index contributed by atoms with van der Waals surface area (Å²) < 4.78 is 0.766. The van der Waals surface area contributed by atoms with Gasteiger partial charge in [-0.2, -0.15) is 5.10 Å². The van der Waals surface area contributed by atoms with Crippen LogP contribution in [0.3, 0.4) is 0 Å². The van der Waals surface area contributed by atoms with Crippen molar-refractivity contribution in [3.8, 4) is 0 Å². The quantitative estimate of drug-likeness (QED) is 0.665. The van der Waals surface area contributed by atoms with E-state index in [4.69, 9.17) is 0 Å². The maximum atomic E-state index is 11.6. The van der Waals surface area contributed by atoms with Crippen molar-refractivity contribution in [2.45, 2.75) is 13.8 Å². The van der Waals surface area contributed by atoms with Crippen LogP contribution in [-0.2, 0) is 0 Å². The SMILES string of the molecule is CC(C)C=NNC(=O)c1ccccc1Br. The third-order valence-corrected chi connectivity index (χ3v) is 2.35. The number of halogens is 1. The molecule has 4 heteroatoms. The highest BCUT2D eigenvalue weighted by molar-refractivity contribution is 9.10. The molecule has 1 aromatic rings. The third kappa shape index (κ3) is 3.83. The molecule has 0 aliphatic carbocycles. The molecule has 0 saturated heterocycles. The summed E-state index contributed by atoms with van der Waals surface area (Å²) in [6, 6.07) is 7.23. The van der Waals surface area contributed by atoms with Crippen molar-refractivity contribution in [3.05, 3.63) is 34.3 Å². The summed E-state index contributed by atoms with van der Waals surface area (Å²) in [7, 11) is 0. The van der Waals surface area contributed by atoms with Gasteiger partial charge in [-0.15, -0.1) is 0 Å². The van der Waals surface area contributed by atoms with Crippen molar-refractivity contribution in [1.82, 2.24) is 5.43 Å². The summed E-state index contributed by atoms with van der Waals surface area (Å²) in [5, 5.41) is 3.84. The Balaban J connectivity index is 2.66. The lowest BCUT2D eigenvalue weighted by Crippen LogP contribution is -2.18. The predicted molar refractivity (Wildman–Crippen MR) is 64.9 cm³/mol. The van der Waals surface area contributed by atoms with Gasteiger partial charge >= 0.3 is 0 Å². The van der Waals surface area contributed by atoms with Crippen LogP contribution >= 0.6 is 15.9 Å². The van der Waals surface area contributed by atoms with Gasteiger partial charge in [-0.3, -0.25) is 4.79 Å². The monoisotopic (exact) mass is 268 g/mol. The molecule has 3 nitrogen and oxygen atoms in total. The molecule has 1 amide bonds. The van der Waals surface area contributed by atoms with Gasteiger partial charge in [0.05, 0.1) is 5.56 Å². The van der Waals surface area contributed by atoms with Crippen LogP contribution in [0.2, 0.25) is 0 Å². The summed E-state index contributed by atoms with van der Waals surface area (Å²) in [5.41, 5.74) is 3.05. The number of carbonyl (C=O) groups excluding carboxylic acids is 1. The van der Waals surface area contributed by atoms with E-state index in [0.29, 0.717) is 11.5 Å². The summed E-state index contributed by atoms with van der Waals surface area (Å²) in [6.45, 7) is 3.99. The molecule has 15 heavy (non-hydrogen) atoms. The number of nitrogens with one attached hydrogen (secondary N) is 1. The molecule has 0 unspecified atom stereocenters. The number of carbonyl (C=O) groups is 1. The van der Waals surface area contributed by atoms with Crippen molar-refractivity contribution in [2.75, 3.05) is 0 Å². The highest BCUT2D eigenvalue weighted by Crippen LogP contribution is 2.15. The van der Waals surface area contributed by atoms with Crippen molar-refractivity contribution in [2.24, 2.45) is 11.0 Å². The Morgan fingerprint density at radius 2 is 2.13 bits per heavy atom. The Morgan fingerprint density at radius 1 is 1.47 bits per heavy atom. The van der Waals surface area contributed by atoms with E-state index in [9.17, 15) is 4.79 Å². The molecule has 0 atom stereocenters. The first-order chi connectivity index (χ1) is 7.11. The lowest BCUT2D eigenvalue weighted by molar-refractivity contribution is 0.0954. The smallest absolute Gasteiger partial charge is 0.267 e. The van der Waals surface area contributed by atoms with Gasteiger partial charge in [-0.1, -0.05) is 26.0 Å². The molecule has 0 aliphatic heterocycles. The molecule has 0 radical (unpaired) electrons. The first-order valence-electron chi connectivity index (χ1n) is 4.69. The molecular formula is C11H13BrN2O. The molecule has 1 N–H and O–H groups in total. The van der Waals surface area contributed by atoms with Gasteiger partial charge in [-0.25, -0.2) is 5.43 Å². The molecule has 1 rings (SSSR count). The van der Waals surface area contributed by atoms with Crippen LogP contribution in [0.25, 0.3) is 0 Å². The van der Waals surface area contributed by atoms with Crippen molar-refractivity contribution in [3.63, 3.8) is 0 Å². The van der Waals surface area contributed by atoms with E-state index in [1.807, 2.05) is 32.0 Å². The van der Waals surface area contributed by atoms with E-state index in [1.165, 1.54) is 0 Å². The van der Waals surface area contributed by atoms with Gasteiger partial charge in [0.15, 0.2) is 0 Å². The number of rotatable bonds is 3. The van der Waals surface area contributed by atoms with Gasteiger partial charge in [0.1, 0.15) is 0 Å². The topological polar surface area (TPSA) is 41.5 Å². The van der Waals surface area contributed by atoms with Gasteiger partial charge in [-0.05, 0) is 34.0 Å². The standard InChI is InChI=1S/C11H13BrN2O/c1-8(2)7-13-14-11(15)9-5-3-4-6-10(9)12/h3-8H,1-2H3,(H,14,15). The van der Waals surface area contributed by atoms with Gasteiger partial charge in [0, 0.05) is 10.7 Å². The Hall–Kier alpha value is -1.16. The van der Waals surface area contributed by atoms with E-state index in [2.05, 4.69) is 26.5 Å². The summed E-state index contributed by atoms with van der Waals surface area (Å²) in [5.74, 6) is 0.115. The zero-order valence-electron chi connectivity index (χ0n) is 8.70. The maximum Gasteiger partial charge on any atom is 0.272 e. The van der Waals surface area contributed by atoms with E-state index >= 15 is 0 Å². The second-order valence-corrected chi connectivity index (χ2v) is 4.30. The largest absolute Gasteiger partial charge is 0.272 e. The molecule has 1 aromatic carbocycles. The highest BCUT2D eigenvalue weighted by atomic mass is 79.9. The minimum absolute atomic E-state index is 0.209. The summed E-state index contributed by atoms with van der Waals surface area (Å²) in [4.78, 5) is 11.6. The van der Waals surface area contributed by atoms with Gasteiger partial charge in [0.2, 0.25) is 0 Å². The second-order valence-electron chi connectivity index (χ2n) is 3.44. The first kappa shape index (κ1) is 11.9. The maximum absolute atomic E-state index is 11.6. The Morgan fingerprint density at radius 3 is 2.73 bits per heavy atom. The van der Waals surface area contributed by atoms with Gasteiger partial charge < -0.3 is 0 Å². The average Bonchev–Trinajstić information content (AvgIpc) is 2.17. The van der Waals surface area contributed by atoms with Crippen molar-refractivity contribution in [1.29, 1.82) is 0 Å². The molecule has 0 heterocycles.